The molecule has 1 heterocycles. The number of carbonyl (C=O) groups excluding carboxylic acids is 1. The number of amides is 1. The average molecular weight is 348 g/mol. The van der Waals surface area contributed by atoms with E-state index in [0.717, 1.165) is 10.6 Å². The van der Waals surface area contributed by atoms with Crippen LogP contribution in [0.4, 0.5) is 5.69 Å². The lowest BCUT2D eigenvalue weighted by molar-refractivity contribution is -0.116. The second-order valence-corrected chi connectivity index (χ2v) is 9.07. The SMILES string of the molecule is CCSc1ccc(Cl)cc1NC(=O)CC1CCS(=O)(=O)C1. The van der Waals surface area contributed by atoms with E-state index < -0.39 is 9.84 Å². The lowest BCUT2D eigenvalue weighted by Crippen LogP contribution is -2.17. The molecule has 116 valence electrons. The average Bonchev–Trinajstić information content (AvgIpc) is 2.72. The molecule has 21 heavy (non-hydrogen) atoms. The van der Waals surface area contributed by atoms with E-state index in [1.165, 1.54) is 0 Å². The second kappa shape index (κ2) is 7.03. The third-order valence-electron chi connectivity index (χ3n) is 3.32. The number of nitrogens with one attached hydrogen (secondary N) is 1. The van der Waals surface area contributed by atoms with E-state index in [9.17, 15) is 13.2 Å². The number of anilines is 1. The van der Waals surface area contributed by atoms with Gasteiger partial charge in [-0.1, -0.05) is 18.5 Å². The Hall–Kier alpha value is -0.720. The molecule has 0 saturated carbocycles. The van der Waals surface area contributed by atoms with Crippen LogP contribution in [0.25, 0.3) is 0 Å². The summed E-state index contributed by atoms with van der Waals surface area (Å²) in [5.74, 6) is 0.977. The zero-order valence-electron chi connectivity index (χ0n) is 11.8. The number of carbonyl (C=O) groups is 1. The molecule has 1 amide bonds. The molecular formula is C14H18ClNO3S2. The zero-order chi connectivity index (χ0) is 15.5. The van der Waals surface area contributed by atoms with Gasteiger partial charge >= 0.3 is 0 Å². The molecule has 0 aliphatic carbocycles. The van der Waals surface area contributed by atoms with Gasteiger partial charge in [-0.3, -0.25) is 4.79 Å². The summed E-state index contributed by atoms with van der Waals surface area (Å²) < 4.78 is 22.8. The molecule has 0 spiro atoms. The quantitative estimate of drug-likeness (QED) is 0.831. The van der Waals surface area contributed by atoms with Crippen molar-refractivity contribution in [3.63, 3.8) is 0 Å². The summed E-state index contributed by atoms with van der Waals surface area (Å²) >= 11 is 7.59. The van der Waals surface area contributed by atoms with Crippen LogP contribution in [-0.2, 0) is 14.6 Å². The Bertz CT molecular complexity index is 631. The highest BCUT2D eigenvalue weighted by molar-refractivity contribution is 7.99. The molecule has 0 bridgehead atoms. The first-order chi connectivity index (χ1) is 9.89. The molecule has 7 heteroatoms. The summed E-state index contributed by atoms with van der Waals surface area (Å²) in [6.07, 6.45) is 0.809. The lowest BCUT2D eigenvalue weighted by Gasteiger charge is -2.12. The molecule has 1 aromatic carbocycles. The monoisotopic (exact) mass is 347 g/mol. The number of thioether (sulfide) groups is 1. The maximum absolute atomic E-state index is 12.1. The van der Waals surface area contributed by atoms with Crippen LogP contribution in [0.15, 0.2) is 23.1 Å². The number of hydrogen-bond donors (Lipinski definition) is 1. The summed E-state index contributed by atoms with van der Waals surface area (Å²) in [5.41, 5.74) is 0.695. The molecule has 4 nitrogen and oxygen atoms in total. The van der Waals surface area contributed by atoms with E-state index in [1.54, 1.807) is 23.9 Å². The minimum Gasteiger partial charge on any atom is -0.325 e. The summed E-state index contributed by atoms with van der Waals surface area (Å²) in [4.78, 5) is 13.1. The Morgan fingerprint density at radius 3 is 2.86 bits per heavy atom. The third kappa shape index (κ3) is 4.90. The first-order valence-electron chi connectivity index (χ1n) is 6.82. The van der Waals surface area contributed by atoms with Crippen LogP contribution in [0, 0.1) is 5.92 Å². The van der Waals surface area contributed by atoms with Crippen molar-refractivity contribution < 1.29 is 13.2 Å². The van der Waals surface area contributed by atoms with Gasteiger partial charge in [0.25, 0.3) is 0 Å². The van der Waals surface area contributed by atoms with Crippen molar-refractivity contribution in [3.05, 3.63) is 23.2 Å². The summed E-state index contributed by atoms with van der Waals surface area (Å²) in [5, 5.41) is 3.42. The van der Waals surface area contributed by atoms with Crippen LogP contribution in [0.1, 0.15) is 19.8 Å². The van der Waals surface area contributed by atoms with Gasteiger partial charge in [-0.25, -0.2) is 8.42 Å². The van der Waals surface area contributed by atoms with Gasteiger partial charge < -0.3 is 5.32 Å². The van der Waals surface area contributed by atoms with E-state index in [-0.39, 0.29) is 29.8 Å². The normalized spacial score (nSPS) is 20.4. The molecule has 0 radical (unpaired) electrons. The fourth-order valence-corrected chi connectivity index (χ4v) is 5.15. The minimum absolute atomic E-state index is 0.0727. The Morgan fingerprint density at radius 2 is 2.24 bits per heavy atom. The highest BCUT2D eigenvalue weighted by Gasteiger charge is 2.29. The number of halogens is 1. The molecular weight excluding hydrogens is 330 g/mol. The van der Waals surface area contributed by atoms with Crippen molar-refractivity contribution in [2.75, 3.05) is 22.6 Å². The number of rotatable bonds is 5. The van der Waals surface area contributed by atoms with E-state index in [4.69, 9.17) is 11.6 Å². The van der Waals surface area contributed by atoms with Gasteiger partial charge in [0.1, 0.15) is 0 Å². The van der Waals surface area contributed by atoms with Crippen LogP contribution < -0.4 is 5.32 Å². The summed E-state index contributed by atoms with van der Waals surface area (Å²) in [7, 11) is -2.94. The van der Waals surface area contributed by atoms with Crippen molar-refractivity contribution in [1.29, 1.82) is 0 Å². The highest BCUT2D eigenvalue weighted by Crippen LogP contribution is 2.30. The number of hydrogen-bond acceptors (Lipinski definition) is 4. The third-order valence-corrected chi connectivity index (χ3v) is 6.34. The van der Waals surface area contributed by atoms with Crippen LogP contribution >= 0.6 is 23.4 Å². The number of sulfone groups is 1. The molecule has 1 unspecified atom stereocenters. The topological polar surface area (TPSA) is 63.2 Å². The van der Waals surface area contributed by atoms with Crippen molar-refractivity contribution >= 4 is 44.8 Å². The molecule has 1 saturated heterocycles. The molecule has 1 aliphatic heterocycles. The molecule has 1 atom stereocenters. The highest BCUT2D eigenvalue weighted by atomic mass is 35.5. The molecule has 0 aromatic heterocycles. The van der Waals surface area contributed by atoms with E-state index in [0.29, 0.717) is 17.1 Å². The van der Waals surface area contributed by atoms with Crippen LogP contribution in [0.3, 0.4) is 0 Å². The van der Waals surface area contributed by atoms with E-state index >= 15 is 0 Å². The molecule has 1 N–H and O–H groups in total. The van der Waals surface area contributed by atoms with Crippen LogP contribution in [0.2, 0.25) is 5.02 Å². The summed E-state index contributed by atoms with van der Waals surface area (Å²) in [6, 6.07) is 5.40. The Kier molecular flexibility index (Phi) is 5.57. The van der Waals surface area contributed by atoms with Gasteiger partial charge in [-0.2, -0.15) is 0 Å². The first-order valence-corrected chi connectivity index (χ1v) is 10.0. The molecule has 1 aliphatic rings. The predicted octanol–water partition coefficient (Wildman–Crippen LogP) is 3.22. The van der Waals surface area contributed by atoms with Gasteiger partial charge in [0, 0.05) is 16.3 Å². The van der Waals surface area contributed by atoms with Crippen LogP contribution in [-0.4, -0.2) is 31.6 Å². The van der Waals surface area contributed by atoms with E-state index in [1.807, 2.05) is 13.0 Å². The van der Waals surface area contributed by atoms with Gasteiger partial charge in [-0.05, 0) is 36.3 Å². The summed E-state index contributed by atoms with van der Waals surface area (Å²) in [6.45, 7) is 2.04. The van der Waals surface area contributed by atoms with Crippen molar-refractivity contribution in [2.45, 2.75) is 24.7 Å². The Balaban J connectivity index is 2.01. The maximum Gasteiger partial charge on any atom is 0.224 e. The van der Waals surface area contributed by atoms with Gasteiger partial charge in [0.2, 0.25) is 5.91 Å². The standard InChI is InChI=1S/C14H18ClNO3S2/c1-2-20-13-4-3-11(15)8-12(13)16-14(17)7-10-5-6-21(18,19)9-10/h3-4,8,10H,2,5-7,9H2,1H3,(H,16,17). The van der Waals surface area contributed by atoms with Gasteiger partial charge in [0.15, 0.2) is 9.84 Å². The van der Waals surface area contributed by atoms with Crippen molar-refractivity contribution in [3.8, 4) is 0 Å². The van der Waals surface area contributed by atoms with Crippen LogP contribution in [0.5, 0.6) is 0 Å². The second-order valence-electron chi connectivity index (χ2n) is 5.09. The Morgan fingerprint density at radius 1 is 1.48 bits per heavy atom. The number of benzene rings is 1. The molecule has 1 aromatic rings. The minimum atomic E-state index is -2.94. The first kappa shape index (κ1) is 16.6. The van der Waals surface area contributed by atoms with Gasteiger partial charge in [-0.15, -0.1) is 11.8 Å². The van der Waals surface area contributed by atoms with Gasteiger partial charge in [0.05, 0.1) is 17.2 Å². The largest absolute Gasteiger partial charge is 0.325 e. The Labute approximate surface area is 134 Å². The van der Waals surface area contributed by atoms with E-state index in [2.05, 4.69) is 5.32 Å². The van der Waals surface area contributed by atoms with Crippen molar-refractivity contribution in [1.82, 2.24) is 0 Å². The lowest BCUT2D eigenvalue weighted by atomic mass is 10.1. The molecule has 1 fully saturated rings. The zero-order valence-corrected chi connectivity index (χ0v) is 14.2. The fourth-order valence-electron chi connectivity index (χ4n) is 2.38. The fraction of sp³-hybridized carbons (Fsp3) is 0.500. The van der Waals surface area contributed by atoms with Crippen molar-refractivity contribution in [2.24, 2.45) is 5.92 Å². The maximum atomic E-state index is 12.1. The predicted molar refractivity (Wildman–Crippen MR) is 87.9 cm³/mol. The molecule has 2 rings (SSSR count). The smallest absolute Gasteiger partial charge is 0.224 e.